The van der Waals surface area contributed by atoms with Crippen LogP contribution < -0.4 is 0 Å². The molecule has 0 spiro atoms. The van der Waals surface area contributed by atoms with Crippen molar-refractivity contribution in [2.75, 3.05) is 5.75 Å². The average Bonchev–Trinajstić information content (AvgIpc) is 2.16. The van der Waals surface area contributed by atoms with Crippen LogP contribution in [0, 0.1) is 6.92 Å². The van der Waals surface area contributed by atoms with E-state index < -0.39 is 15.8 Å². The molecular weight excluding hydrogens is 216 g/mol. The summed E-state index contributed by atoms with van der Waals surface area (Å²) in [5.74, 6) is -1.46. The van der Waals surface area contributed by atoms with Gasteiger partial charge < -0.3 is 5.11 Å². The van der Waals surface area contributed by atoms with Gasteiger partial charge in [0.1, 0.15) is 0 Å². The first kappa shape index (κ1) is 11.7. The lowest BCUT2D eigenvalue weighted by Gasteiger charge is -2.02. The number of hydrogen-bond donors (Lipinski definition) is 1. The summed E-state index contributed by atoms with van der Waals surface area (Å²) in [6.45, 7) is 1.85. The molecule has 0 fully saturated rings. The Morgan fingerprint density at radius 3 is 2.27 bits per heavy atom. The number of sulfone groups is 1. The van der Waals surface area contributed by atoms with Gasteiger partial charge in [-0.15, -0.1) is 0 Å². The molecule has 0 radical (unpaired) electrons. The van der Waals surface area contributed by atoms with Crippen molar-refractivity contribution in [3.8, 4) is 0 Å². The molecule has 1 rings (SSSR count). The molecule has 1 N–H and O–H groups in total. The second kappa shape index (κ2) is 4.44. The number of aryl methyl sites for hydroxylation is 1. The zero-order valence-corrected chi connectivity index (χ0v) is 9.12. The summed E-state index contributed by atoms with van der Waals surface area (Å²) in [6.07, 6.45) is -0.365. The lowest BCUT2D eigenvalue weighted by atomic mass is 10.2. The summed E-state index contributed by atoms with van der Waals surface area (Å²) >= 11 is 0. The third kappa shape index (κ3) is 3.36. The number of carbonyl (C=O) groups is 1. The normalized spacial score (nSPS) is 11.3. The molecule has 82 valence electrons. The first-order valence-corrected chi connectivity index (χ1v) is 6.08. The highest BCUT2D eigenvalue weighted by Gasteiger charge is 2.15. The summed E-state index contributed by atoms with van der Waals surface area (Å²) < 4.78 is 23.2. The molecule has 5 heteroatoms. The minimum Gasteiger partial charge on any atom is -0.481 e. The maximum atomic E-state index is 11.6. The van der Waals surface area contributed by atoms with E-state index in [9.17, 15) is 13.2 Å². The van der Waals surface area contributed by atoms with E-state index in [-0.39, 0.29) is 17.1 Å². The van der Waals surface area contributed by atoms with Crippen LogP contribution >= 0.6 is 0 Å². The Bertz CT molecular complexity index is 445. The maximum absolute atomic E-state index is 11.6. The fourth-order valence-electron chi connectivity index (χ4n) is 1.09. The van der Waals surface area contributed by atoms with E-state index >= 15 is 0 Å². The van der Waals surface area contributed by atoms with Gasteiger partial charge in [0, 0.05) is 0 Å². The van der Waals surface area contributed by atoms with Crippen LogP contribution in [0.15, 0.2) is 29.2 Å². The second-order valence-electron chi connectivity index (χ2n) is 3.28. The predicted octanol–water partition coefficient (Wildman–Crippen LogP) is 1.24. The van der Waals surface area contributed by atoms with Crippen molar-refractivity contribution in [3.63, 3.8) is 0 Å². The number of benzene rings is 1. The highest BCUT2D eigenvalue weighted by molar-refractivity contribution is 7.91. The van der Waals surface area contributed by atoms with Gasteiger partial charge >= 0.3 is 5.97 Å². The first-order valence-electron chi connectivity index (χ1n) is 4.43. The summed E-state index contributed by atoms with van der Waals surface area (Å²) in [6, 6.07) is 6.36. The molecule has 0 heterocycles. The number of rotatable bonds is 4. The largest absolute Gasteiger partial charge is 0.481 e. The SMILES string of the molecule is Cc1ccc(S(=O)(=O)CCC(=O)O)cc1. The van der Waals surface area contributed by atoms with Crippen LogP contribution in [0.25, 0.3) is 0 Å². The number of carboxylic acids is 1. The molecule has 0 saturated carbocycles. The van der Waals surface area contributed by atoms with Gasteiger partial charge in [-0.1, -0.05) is 17.7 Å². The van der Waals surface area contributed by atoms with Gasteiger partial charge in [0.15, 0.2) is 9.84 Å². The van der Waals surface area contributed by atoms with E-state index in [0.717, 1.165) is 5.56 Å². The van der Waals surface area contributed by atoms with Gasteiger partial charge in [-0.25, -0.2) is 8.42 Å². The smallest absolute Gasteiger partial charge is 0.304 e. The lowest BCUT2D eigenvalue weighted by Crippen LogP contribution is -2.10. The van der Waals surface area contributed by atoms with Crippen molar-refractivity contribution >= 4 is 15.8 Å². The van der Waals surface area contributed by atoms with E-state index in [2.05, 4.69) is 0 Å². The van der Waals surface area contributed by atoms with Crippen LogP contribution in [0.5, 0.6) is 0 Å². The highest BCUT2D eigenvalue weighted by Crippen LogP contribution is 2.12. The van der Waals surface area contributed by atoms with Crippen LogP contribution in [0.1, 0.15) is 12.0 Å². The van der Waals surface area contributed by atoms with Crippen LogP contribution in [-0.4, -0.2) is 25.2 Å². The second-order valence-corrected chi connectivity index (χ2v) is 5.38. The van der Waals surface area contributed by atoms with Crippen molar-refractivity contribution in [2.24, 2.45) is 0 Å². The molecular formula is C10H12O4S. The molecule has 0 bridgehead atoms. The quantitative estimate of drug-likeness (QED) is 0.841. The Hall–Kier alpha value is -1.36. The fraction of sp³-hybridized carbons (Fsp3) is 0.300. The van der Waals surface area contributed by atoms with Gasteiger partial charge in [0.25, 0.3) is 0 Å². The molecule has 4 nitrogen and oxygen atoms in total. The number of aliphatic carboxylic acids is 1. The monoisotopic (exact) mass is 228 g/mol. The van der Waals surface area contributed by atoms with E-state index in [1.165, 1.54) is 12.1 Å². The summed E-state index contributed by atoms with van der Waals surface area (Å²) in [5, 5.41) is 8.40. The molecule has 0 aromatic heterocycles. The molecule has 0 unspecified atom stereocenters. The minimum atomic E-state index is -3.45. The van der Waals surface area contributed by atoms with Crippen LogP contribution in [0.4, 0.5) is 0 Å². The fourth-order valence-corrected chi connectivity index (χ4v) is 2.31. The van der Waals surface area contributed by atoms with Crippen molar-refractivity contribution < 1.29 is 18.3 Å². The predicted molar refractivity (Wildman–Crippen MR) is 55.5 cm³/mol. The molecule has 1 aromatic carbocycles. The minimum absolute atomic E-state index is 0.175. The maximum Gasteiger partial charge on any atom is 0.304 e. The van der Waals surface area contributed by atoms with Crippen molar-refractivity contribution in [1.82, 2.24) is 0 Å². The Balaban J connectivity index is 2.87. The topological polar surface area (TPSA) is 71.4 Å². The van der Waals surface area contributed by atoms with Crippen LogP contribution in [0.3, 0.4) is 0 Å². The van der Waals surface area contributed by atoms with Gasteiger partial charge in [-0.2, -0.15) is 0 Å². The summed E-state index contributed by atoms with van der Waals surface area (Å²) in [7, 11) is -3.45. The van der Waals surface area contributed by atoms with E-state index in [4.69, 9.17) is 5.11 Å². The standard InChI is InChI=1S/C10H12O4S/c1-8-2-4-9(5-3-8)15(13,14)7-6-10(11)12/h2-5H,6-7H2,1H3,(H,11,12). The zero-order chi connectivity index (χ0) is 11.5. The molecule has 0 aliphatic rings. The van der Waals surface area contributed by atoms with E-state index in [0.29, 0.717) is 0 Å². The molecule has 1 aromatic rings. The Kier molecular flexibility index (Phi) is 3.47. The Morgan fingerprint density at radius 1 is 1.27 bits per heavy atom. The Morgan fingerprint density at radius 2 is 1.80 bits per heavy atom. The van der Waals surface area contributed by atoms with Crippen molar-refractivity contribution in [2.45, 2.75) is 18.2 Å². The van der Waals surface area contributed by atoms with Crippen molar-refractivity contribution in [1.29, 1.82) is 0 Å². The summed E-state index contributed by atoms with van der Waals surface area (Å²) in [4.78, 5) is 10.4. The van der Waals surface area contributed by atoms with Gasteiger partial charge in [0.2, 0.25) is 0 Å². The molecule has 0 aliphatic carbocycles. The molecule has 0 saturated heterocycles. The third-order valence-corrected chi connectivity index (χ3v) is 3.70. The molecule has 15 heavy (non-hydrogen) atoms. The first-order chi connectivity index (χ1) is 6.92. The van der Waals surface area contributed by atoms with Gasteiger partial charge in [-0.3, -0.25) is 4.79 Å². The average molecular weight is 228 g/mol. The van der Waals surface area contributed by atoms with Gasteiger partial charge in [0.05, 0.1) is 17.1 Å². The highest BCUT2D eigenvalue weighted by atomic mass is 32.2. The van der Waals surface area contributed by atoms with Gasteiger partial charge in [-0.05, 0) is 19.1 Å². The third-order valence-electron chi connectivity index (χ3n) is 1.96. The Labute approximate surface area is 88.5 Å². The van der Waals surface area contributed by atoms with E-state index in [1.54, 1.807) is 12.1 Å². The molecule has 0 aliphatic heterocycles. The summed E-state index contributed by atoms with van der Waals surface area (Å²) in [5.41, 5.74) is 0.965. The lowest BCUT2D eigenvalue weighted by molar-refractivity contribution is -0.136. The van der Waals surface area contributed by atoms with Crippen LogP contribution in [-0.2, 0) is 14.6 Å². The zero-order valence-electron chi connectivity index (χ0n) is 8.30. The van der Waals surface area contributed by atoms with Crippen LogP contribution in [0.2, 0.25) is 0 Å². The van der Waals surface area contributed by atoms with Crippen molar-refractivity contribution in [3.05, 3.63) is 29.8 Å². The molecule has 0 amide bonds. The molecule has 0 atom stereocenters. The number of hydrogen-bond acceptors (Lipinski definition) is 3. The van der Waals surface area contributed by atoms with E-state index in [1.807, 2.05) is 6.92 Å². The number of carboxylic acid groups (broad SMARTS) is 1.